The van der Waals surface area contributed by atoms with E-state index >= 15 is 0 Å². The second-order valence-corrected chi connectivity index (χ2v) is 8.43. The second kappa shape index (κ2) is 7.96. The highest BCUT2D eigenvalue weighted by Gasteiger charge is 2.32. The molecule has 1 aliphatic heterocycles. The lowest BCUT2D eigenvalue weighted by Crippen LogP contribution is -2.40. The highest BCUT2D eigenvalue weighted by molar-refractivity contribution is 8.13. The van der Waals surface area contributed by atoms with Crippen molar-refractivity contribution in [3.05, 3.63) is 84.1 Å². The predicted molar refractivity (Wildman–Crippen MR) is 121 cm³/mol. The Bertz CT molecular complexity index is 1310. The molecular weight excluding hydrogens is 408 g/mol. The van der Waals surface area contributed by atoms with Gasteiger partial charge in [-0.15, -0.1) is 0 Å². The summed E-state index contributed by atoms with van der Waals surface area (Å²) in [5, 5.41) is 4.20. The van der Waals surface area contributed by atoms with E-state index < -0.39 is 0 Å². The summed E-state index contributed by atoms with van der Waals surface area (Å²) in [6, 6.07) is 20.7. The van der Waals surface area contributed by atoms with Gasteiger partial charge in [-0.2, -0.15) is 0 Å². The van der Waals surface area contributed by atoms with Crippen molar-refractivity contribution in [3.8, 4) is 0 Å². The summed E-state index contributed by atoms with van der Waals surface area (Å²) in [5.41, 5.74) is 1.07. The van der Waals surface area contributed by atoms with E-state index in [1.165, 1.54) is 4.90 Å². The van der Waals surface area contributed by atoms with Gasteiger partial charge in [-0.1, -0.05) is 48.5 Å². The second-order valence-electron chi connectivity index (χ2n) is 7.39. The summed E-state index contributed by atoms with van der Waals surface area (Å²) in [7, 11) is 0. The topological polar surface area (TPSA) is 67.3 Å². The monoisotopic (exact) mass is 426 g/mol. The van der Waals surface area contributed by atoms with Gasteiger partial charge >= 0.3 is 0 Å². The normalized spacial score (nSPS) is 13.2. The van der Waals surface area contributed by atoms with Crippen LogP contribution in [0, 0.1) is 0 Å². The first-order valence-electron chi connectivity index (χ1n) is 10.1. The summed E-state index contributed by atoms with van der Waals surface area (Å²) in [6.45, 7) is 0.206. The first-order chi connectivity index (χ1) is 15.1. The van der Waals surface area contributed by atoms with Gasteiger partial charge < -0.3 is 0 Å². The highest BCUT2D eigenvalue weighted by atomic mass is 32.2. The Morgan fingerprint density at radius 3 is 2.26 bits per heavy atom. The molecule has 1 aliphatic rings. The molecule has 0 spiro atoms. The van der Waals surface area contributed by atoms with Gasteiger partial charge in [-0.3, -0.25) is 19.3 Å². The van der Waals surface area contributed by atoms with Crippen LogP contribution in [0.1, 0.15) is 33.6 Å². The Kier molecular flexibility index (Phi) is 5.00. The van der Waals surface area contributed by atoms with Crippen LogP contribution >= 0.6 is 11.8 Å². The molecule has 1 aromatic heterocycles. The average molecular weight is 426 g/mol. The zero-order valence-corrected chi connectivity index (χ0v) is 17.4. The van der Waals surface area contributed by atoms with Gasteiger partial charge in [0.15, 0.2) is 5.12 Å². The SMILES string of the molecule is O=C(CCCN1C(=O)c2cccc3cccc(c23)C1=O)Sc1nccc2ccccc12. The summed E-state index contributed by atoms with van der Waals surface area (Å²) < 4.78 is 0. The lowest BCUT2D eigenvalue weighted by atomic mass is 9.94. The number of thioether (sulfide) groups is 1. The molecular formula is C25H18N2O3S. The predicted octanol–water partition coefficient (Wildman–Crippen LogP) is 5.08. The third kappa shape index (κ3) is 3.49. The van der Waals surface area contributed by atoms with Crippen molar-refractivity contribution < 1.29 is 14.4 Å². The summed E-state index contributed by atoms with van der Waals surface area (Å²) in [6.07, 6.45) is 2.35. The zero-order chi connectivity index (χ0) is 21.4. The molecule has 0 atom stereocenters. The Labute approximate surface area is 183 Å². The van der Waals surface area contributed by atoms with Gasteiger partial charge in [0.1, 0.15) is 5.03 Å². The molecule has 31 heavy (non-hydrogen) atoms. The molecule has 4 aromatic rings. The number of nitrogens with zero attached hydrogens (tertiary/aromatic N) is 2. The quantitative estimate of drug-likeness (QED) is 0.329. The maximum atomic E-state index is 12.9. The fourth-order valence-corrected chi connectivity index (χ4v) is 4.87. The number of hydrogen-bond acceptors (Lipinski definition) is 5. The van der Waals surface area contributed by atoms with Crippen LogP contribution in [0.25, 0.3) is 21.5 Å². The molecule has 5 nitrogen and oxygen atoms in total. The molecule has 2 heterocycles. The van der Waals surface area contributed by atoms with Crippen molar-refractivity contribution >= 4 is 50.2 Å². The Morgan fingerprint density at radius 1 is 0.839 bits per heavy atom. The summed E-state index contributed by atoms with van der Waals surface area (Å²) in [4.78, 5) is 44.0. The molecule has 0 radical (unpaired) electrons. The van der Waals surface area contributed by atoms with Crippen LogP contribution in [0.3, 0.4) is 0 Å². The fraction of sp³-hybridized carbons (Fsp3) is 0.120. The van der Waals surface area contributed by atoms with Crippen molar-refractivity contribution in [1.82, 2.24) is 9.88 Å². The van der Waals surface area contributed by atoms with Crippen LogP contribution in [0.4, 0.5) is 0 Å². The van der Waals surface area contributed by atoms with Gasteiger partial charge in [0.05, 0.1) is 0 Å². The third-order valence-corrected chi connectivity index (χ3v) is 6.42. The number of carbonyl (C=O) groups is 3. The van der Waals surface area contributed by atoms with E-state index in [9.17, 15) is 14.4 Å². The standard InChI is InChI=1S/C25H18N2O3S/c28-21(31-23-18-9-2-1-6-16(18)13-14-26-23)12-5-15-27-24(29)19-10-3-7-17-8-4-11-20(22(17)19)25(27)30/h1-4,6-11,13-14H,5,12,15H2. The first kappa shape index (κ1) is 19.5. The molecule has 3 aromatic carbocycles. The van der Waals surface area contributed by atoms with Crippen molar-refractivity contribution in [2.75, 3.05) is 6.54 Å². The summed E-state index contributed by atoms with van der Waals surface area (Å²) in [5.74, 6) is -0.602. The van der Waals surface area contributed by atoms with Crippen LogP contribution < -0.4 is 0 Å². The third-order valence-electron chi connectivity index (χ3n) is 5.47. The first-order valence-corrected chi connectivity index (χ1v) is 10.9. The van der Waals surface area contributed by atoms with Crippen molar-refractivity contribution in [2.24, 2.45) is 0 Å². The van der Waals surface area contributed by atoms with Crippen LogP contribution in [0.15, 0.2) is 78.0 Å². The lowest BCUT2D eigenvalue weighted by Gasteiger charge is -2.27. The number of aromatic nitrogens is 1. The van der Waals surface area contributed by atoms with Gasteiger partial charge in [0, 0.05) is 41.1 Å². The van der Waals surface area contributed by atoms with Gasteiger partial charge in [-0.25, -0.2) is 4.98 Å². The number of imide groups is 1. The number of fused-ring (bicyclic) bond motifs is 1. The van der Waals surface area contributed by atoms with Crippen LogP contribution in [-0.2, 0) is 4.79 Å². The largest absolute Gasteiger partial charge is 0.287 e. The molecule has 0 aliphatic carbocycles. The molecule has 6 heteroatoms. The number of hydrogen-bond donors (Lipinski definition) is 0. The van der Waals surface area contributed by atoms with E-state index in [-0.39, 0.29) is 29.9 Å². The van der Waals surface area contributed by atoms with Crippen LogP contribution in [0.5, 0.6) is 0 Å². The minimum Gasteiger partial charge on any atom is -0.287 e. The van der Waals surface area contributed by atoms with Gasteiger partial charge in [0.25, 0.3) is 11.8 Å². The Balaban J connectivity index is 1.28. The van der Waals surface area contributed by atoms with Crippen LogP contribution in [-0.4, -0.2) is 33.4 Å². The molecule has 0 saturated carbocycles. The van der Waals surface area contributed by atoms with E-state index in [1.807, 2.05) is 54.6 Å². The van der Waals surface area contributed by atoms with Gasteiger partial charge in [0.2, 0.25) is 0 Å². The van der Waals surface area contributed by atoms with Crippen LogP contribution in [0.2, 0.25) is 0 Å². The van der Waals surface area contributed by atoms with E-state index in [0.717, 1.165) is 27.9 Å². The molecule has 5 rings (SSSR count). The number of pyridine rings is 1. The maximum absolute atomic E-state index is 12.9. The molecule has 0 fully saturated rings. The number of benzene rings is 3. The molecule has 0 saturated heterocycles. The highest BCUT2D eigenvalue weighted by Crippen LogP contribution is 2.31. The number of carbonyl (C=O) groups excluding carboxylic acids is 3. The number of rotatable bonds is 5. The average Bonchev–Trinajstić information content (AvgIpc) is 2.80. The van der Waals surface area contributed by atoms with E-state index in [4.69, 9.17) is 0 Å². The maximum Gasteiger partial charge on any atom is 0.261 e. The zero-order valence-electron chi connectivity index (χ0n) is 16.6. The number of amides is 2. The van der Waals surface area contributed by atoms with Crippen molar-refractivity contribution in [3.63, 3.8) is 0 Å². The van der Waals surface area contributed by atoms with E-state index in [0.29, 0.717) is 28.0 Å². The lowest BCUT2D eigenvalue weighted by molar-refractivity contribution is -0.111. The summed E-state index contributed by atoms with van der Waals surface area (Å²) >= 11 is 1.11. The molecule has 0 bridgehead atoms. The molecule has 2 amide bonds. The molecule has 0 N–H and O–H groups in total. The fourth-order valence-electron chi connectivity index (χ4n) is 4.00. The minimum absolute atomic E-state index is 0.0386. The molecule has 0 unspecified atom stereocenters. The van der Waals surface area contributed by atoms with Crippen molar-refractivity contribution in [2.45, 2.75) is 17.9 Å². The Hall–Kier alpha value is -3.51. The van der Waals surface area contributed by atoms with E-state index in [1.54, 1.807) is 18.3 Å². The smallest absolute Gasteiger partial charge is 0.261 e. The molecule has 152 valence electrons. The Morgan fingerprint density at radius 2 is 1.52 bits per heavy atom. The minimum atomic E-state index is -0.301. The van der Waals surface area contributed by atoms with Crippen molar-refractivity contribution in [1.29, 1.82) is 0 Å². The van der Waals surface area contributed by atoms with E-state index in [2.05, 4.69) is 4.98 Å². The van der Waals surface area contributed by atoms with Gasteiger partial charge in [-0.05, 0) is 47.2 Å².